The fourth-order valence-corrected chi connectivity index (χ4v) is 4.12. The van der Waals surface area contributed by atoms with Crippen molar-refractivity contribution < 1.29 is 9.53 Å². The molecule has 1 N–H and O–H groups in total. The van der Waals surface area contributed by atoms with E-state index in [1.54, 1.807) is 6.08 Å². The van der Waals surface area contributed by atoms with Crippen molar-refractivity contribution in [2.24, 2.45) is 5.92 Å². The van der Waals surface area contributed by atoms with E-state index >= 15 is 0 Å². The molecule has 3 rings (SSSR count). The van der Waals surface area contributed by atoms with Crippen LogP contribution in [-0.4, -0.2) is 48.2 Å². The number of nitriles is 1. The van der Waals surface area contributed by atoms with Gasteiger partial charge in [-0.15, -0.1) is 0 Å². The third-order valence-electron chi connectivity index (χ3n) is 5.88. The Morgan fingerprint density at radius 1 is 1.19 bits per heavy atom. The molecule has 1 unspecified atom stereocenters. The highest BCUT2D eigenvalue weighted by atomic mass is 16.5. The fourth-order valence-electron chi connectivity index (χ4n) is 4.12. The van der Waals surface area contributed by atoms with Gasteiger partial charge in [-0.3, -0.25) is 9.69 Å². The Kier molecular flexibility index (Phi) is 8.26. The number of carbonyl (C=O) groups excluding carboxylic acids is 1. The van der Waals surface area contributed by atoms with Gasteiger partial charge < -0.3 is 14.6 Å². The summed E-state index contributed by atoms with van der Waals surface area (Å²) in [5.74, 6) is 0.172. The van der Waals surface area contributed by atoms with E-state index < -0.39 is 0 Å². The van der Waals surface area contributed by atoms with E-state index in [0.717, 1.165) is 42.1 Å². The Morgan fingerprint density at radius 2 is 1.88 bits per heavy atom. The van der Waals surface area contributed by atoms with Gasteiger partial charge in [0.15, 0.2) is 0 Å². The van der Waals surface area contributed by atoms with Gasteiger partial charge in [-0.2, -0.15) is 5.26 Å². The second kappa shape index (κ2) is 11.1. The van der Waals surface area contributed by atoms with Crippen LogP contribution in [0.1, 0.15) is 42.4 Å². The number of aryl methyl sites for hydroxylation is 1. The van der Waals surface area contributed by atoms with Crippen LogP contribution in [0.25, 0.3) is 6.08 Å². The number of rotatable bonds is 8. The molecule has 1 aromatic heterocycles. The zero-order valence-corrected chi connectivity index (χ0v) is 19.6. The molecule has 2 heterocycles. The molecular weight excluding hydrogens is 400 g/mol. The molecule has 6 heteroatoms. The van der Waals surface area contributed by atoms with E-state index in [1.165, 1.54) is 0 Å². The van der Waals surface area contributed by atoms with Crippen molar-refractivity contribution in [2.45, 2.75) is 40.3 Å². The zero-order valence-electron chi connectivity index (χ0n) is 19.6. The number of hydrogen-bond acceptors (Lipinski definition) is 4. The summed E-state index contributed by atoms with van der Waals surface area (Å²) < 4.78 is 7.70. The number of aromatic nitrogens is 1. The lowest BCUT2D eigenvalue weighted by molar-refractivity contribution is -0.118. The minimum Gasteiger partial charge on any atom is -0.379 e. The summed E-state index contributed by atoms with van der Waals surface area (Å²) in [6.07, 6.45) is 1.71. The summed E-state index contributed by atoms with van der Waals surface area (Å²) in [6, 6.07) is 13.9. The SMILES string of the molecule is Cc1cc(C=C(C#N)C(=O)NC(CN2CCOCC2)c2ccccc2)c(C)n1CC(C)C. The summed E-state index contributed by atoms with van der Waals surface area (Å²) >= 11 is 0. The van der Waals surface area contributed by atoms with Gasteiger partial charge in [-0.1, -0.05) is 44.2 Å². The molecule has 1 saturated heterocycles. The van der Waals surface area contributed by atoms with Crippen molar-refractivity contribution in [1.82, 2.24) is 14.8 Å². The quantitative estimate of drug-likeness (QED) is 0.506. The minimum absolute atomic E-state index is 0.123. The third-order valence-corrected chi connectivity index (χ3v) is 5.88. The summed E-state index contributed by atoms with van der Waals surface area (Å²) in [4.78, 5) is 15.4. The first-order valence-electron chi connectivity index (χ1n) is 11.3. The smallest absolute Gasteiger partial charge is 0.262 e. The normalized spacial score (nSPS) is 16.1. The maximum Gasteiger partial charge on any atom is 0.262 e. The molecule has 1 atom stereocenters. The molecule has 0 saturated carbocycles. The molecule has 1 aliphatic heterocycles. The van der Waals surface area contributed by atoms with Crippen molar-refractivity contribution in [2.75, 3.05) is 32.8 Å². The van der Waals surface area contributed by atoms with Crippen LogP contribution >= 0.6 is 0 Å². The summed E-state index contributed by atoms with van der Waals surface area (Å²) in [5.41, 5.74) is 4.27. The number of hydrogen-bond donors (Lipinski definition) is 1. The summed E-state index contributed by atoms with van der Waals surface area (Å²) in [5, 5.41) is 12.9. The van der Waals surface area contributed by atoms with Crippen molar-refractivity contribution in [3.63, 3.8) is 0 Å². The standard InChI is InChI=1S/C26H34N4O2/c1-19(2)17-30-20(3)14-23(21(30)4)15-24(16-27)26(31)28-25(22-8-6-5-7-9-22)18-29-10-12-32-13-11-29/h5-9,14-15,19,25H,10-13,17-18H2,1-4H3,(H,28,31). The first-order chi connectivity index (χ1) is 15.4. The Labute approximate surface area is 191 Å². The highest BCUT2D eigenvalue weighted by molar-refractivity contribution is 6.02. The van der Waals surface area contributed by atoms with Gasteiger partial charge in [0.1, 0.15) is 11.6 Å². The van der Waals surface area contributed by atoms with Crippen LogP contribution in [0.15, 0.2) is 42.0 Å². The van der Waals surface area contributed by atoms with Gasteiger partial charge in [0.2, 0.25) is 0 Å². The molecule has 1 aliphatic rings. The number of ether oxygens (including phenoxy) is 1. The number of nitrogens with one attached hydrogen (secondary N) is 1. The zero-order chi connectivity index (χ0) is 23.1. The monoisotopic (exact) mass is 434 g/mol. The van der Waals surface area contributed by atoms with E-state index in [0.29, 0.717) is 25.7 Å². The highest BCUT2D eigenvalue weighted by Crippen LogP contribution is 2.21. The van der Waals surface area contributed by atoms with E-state index in [-0.39, 0.29) is 17.5 Å². The van der Waals surface area contributed by atoms with Gasteiger partial charge in [-0.05, 0) is 43.0 Å². The van der Waals surface area contributed by atoms with Crippen molar-refractivity contribution in [3.05, 3.63) is 64.5 Å². The van der Waals surface area contributed by atoms with Gasteiger partial charge in [-0.25, -0.2) is 0 Å². The van der Waals surface area contributed by atoms with Crippen LogP contribution in [0.3, 0.4) is 0 Å². The Bertz CT molecular complexity index is 979. The van der Waals surface area contributed by atoms with Crippen LogP contribution < -0.4 is 5.32 Å². The molecule has 1 amide bonds. The van der Waals surface area contributed by atoms with E-state index in [2.05, 4.69) is 41.6 Å². The second-order valence-corrected chi connectivity index (χ2v) is 8.85. The lowest BCUT2D eigenvalue weighted by Crippen LogP contribution is -2.43. The average molecular weight is 435 g/mol. The summed E-state index contributed by atoms with van der Waals surface area (Å²) in [6.45, 7) is 13.1. The Hall–Kier alpha value is -2.88. The van der Waals surface area contributed by atoms with Crippen molar-refractivity contribution in [3.8, 4) is 6.07 Å². The van der Waals surface area contributed by atoms with E-state index in [1.807, 2.05) is 43.3 Å². The van der Waals surface area contributed by atoms with Gasteiger partial charge in [0.05, 0.1) is 19.3 Å². The number of amides is 1. The molecular formula is C26H34N4O2. The first-order valence-corrected chi connectivity index (χ1v) is 11.3. The molecule has 0 spiro atoms. The molecule has 0 radical (unpaired) electrons. The Balaban J connectivity index is 1.81. The molecule has 1 fully saturated rings. The molecule has 6 nitrogen and oxygen atoms in total. The Morgan fingerprint density at radius 3 is 2.50 bits per heavy atom. The highest BCUT2D eigenvalue weighted by Gasteiger charge is 2.22. The van der Waals surface area contributed by atoms with Crippen LogP contribution in [0.4, 0.5) is 0 Å². The largest absolute Gasteiger partial charge is 0.379 e. The van der Waals surface area contributed by atoms with Crippen LogP contribution in [0.5, 0.6) is 0 Å². The summed E-state index contributed by atoms with van der Waals surface area (Å²) in [7, 11) is 0. The fraction of sp³-hybridized carbons (Fsp3) is 0.462. The predicted molar refractivity (Wildman–Crippen MR) is 127 cm³/mol. The number of nitrogens with zero attached hydrogens (tertiary/aromatic N) is 3. The lowest BCUT2D eigenvalue weighted by Gasteiger charge is -2.31. The van der Waals surface area contributed by atoms with Crippen molar-refractivity contribution in [1.29, 1.82) is 5.26 Å². The number of carbonyl (C=O) groups is 1. The van der Waals surface area contributed by atoms with Gasteiger partial charge in [0, 0.05) is 37.6 Å². The van der Waals surface area contributed by atoms with E-state index in [9.17, 15) is 10.1 Å². The third kappa shape index (κ3) is 6.09. The molecule has 1 aromatic carbocycles. The molecule has 0 bridgehead atoms. The van der Waals surface area contributed by atoms with Crippen LogP contribution in [0, 0.1) is 31.1 Å². The maximum atomic E-state index is 13.1. The predicted octanol–water partition coefficient (Wildman–Crippen LogP) is 3.86. The first kappa shape index (κ1) is 23.8. The number of morpholine rings is 1. The van der Waals surface area contributed by atoms with Crippen LogP contribution in [-0.2, 0) is 16.1 Å². The lowest BCUT2D eigenvalue weighted by atomic mass is 10.0. The number of benzene rings is 1. The maximum absolute atomic E-state index is 13.1. The van der Waals surface area contributed by atoms with Crippen LogP contribution in [0.2, 0.25) is 0 Å². The molecule has 32 heavy (non-hydrogen) atoms. The molecule has 0 aliphatic carbocycles. The topological polar surface area (TPSA) is 70.3 Å². The molecule has 2 aromatic rings. The second-order valence-electron chi connectivity index (χ2n) is 8.85. The average Bonchev–Trinajstić information content (AvgIpc) is 3.05. The molecule has 170 valence electrons. The van der Waals surface area contributed by atoms with Gasteiger partial charge >= 0.3 is 0 Å². The van der Waals surface area contributed by atoms with E-state index in [4.69, 9.17) is 4.74 Å². The van der Waals surface area contributed by atoms with Crippen molar-refractivity contribution >= 4 is 12.0 Å². The van der Waals surface area contributed by atoms with Gasteiger partial charge in [0.25, 0.3) is 5.91 Å². The minimum atomic E-state index is -0.344.